The van der Waals surface area contributed by atoms with Gasteiger partial charge in [-0.05, 0) is 32.4 Å². The van der Waals surface area contributed by atoms with E-state index in [1.54, 1.807) is 0 Å². The second kappa shape index (κ2) is 6.14. The van der Waals surface area contributed by atoms with Crippen molar-refractivity contribution in [2.75, 3.05) is 26.7 Å². The summed E-state index contributed by atoms with van der Waals surface area (Å²) < 4.78 is 0. The Kier molecular flexibility index (Phi) is 4.52. The molecule has 0 radical (unpaired) electrons. The van der Waals surface area contributed by atoms with Crippen LogP contribution in [0, 0.1) is 5.92 Å². The lowest BCUT2D eigenvalue weighted by Gasteiger charge is -2.31. The van der Waals surface area contributed by atoms with Gasteiger partial charge in [-0.25, -0.2) is 4.98 Å². The number of hydrogen-bond acceptors (Lipinski definition) is 4. The highest BCUT2D eigenvalue weighted by Crippen LogP contribution is 2.17. The third-order valence-electron chi connectivity index (χ3n) is 3.54. The van der Waals surface area contributed by atoms with E-state index in [9.17, 15) is 4.79 Å². The predicted octanol–water partition coefficient (Wildman–Crippen LogP) is 1.000. The van der Waals surface area contributed by atoms with Gasteiger partial charge in [-0.3, -0.25) is 9.89 Å². The highest BCUT2D eigenvalue weighted by molar-refractivity contribution is 5.90. The second-order valence-corrected chi connectivity index (χ2v) is 5.52. The lowest BCUT2D eigenvalue weighted by atomic mass is 9.98. The predicted molar refractivity (Wildman–Crippen MR) is 73.0 cm³/mol. The fourth-order valence-electron chi connectivity index (χ4n) is 2.47. The van der Waals surface area contributed by atoms with E-state index in [0.29, 0.717) is 11.7 Å². The zero-order valence-corrected chi connectivity index (χ0v) is 11.9. The molecule has 6 heteroatoms. The van der Waals surface area contributed by atoms with Crippen LogP contribution in [0.25, 0.3) is 0 Å². The van der Waals surface area contributed by atoms with Crippen LogP contribution in [0.1, 0.15) is 49.1 Å². The lowest BCUT2D eigenvalue weighted by molar-refractivity contribution is 0.0662. The number of carbonyl (C=O) groups excluding carboxylic acids is 1. The van der Waals surface area contributed by atoms with Crippen LogP contribution in [-0.2, 0) is 0 Å². The number of amides is 1. The topological polar surface area (TPSA) is 73.9 Å². The van der Waals surface area contributed by atoms with Crippen molar-refractivity contribution in [1.29, 1.82) is 0 Å². The molecule has 0 aliphatic carbocycles. The molecule has 2 heterocycles. The van der Waals surface area contributed by atoms with E-state index in [0.717, 1.165) is 31.9 Å². The molecule has 1 aromatic rings. The minimum Gasteiger partial charge on any atom is -0.336 e. The lowest BCUT2D eigenvalue weighted by Crippen LogP contribution is -2.42. The Bertz CT molecular complexity index is 426. The van der Waals surface area contributed by atoms with Crippen molar-refractivity contribution >= 4 is 5.91 Å². The Balaban J connectivity index is 2.01. The summed E-state index contributed by atoms with van der Waals surface area (Å²) in [7, 11) is 1.95. The number of likely N-dealkylation sites (tertiary alicyclic amines) is 1. The van der Waals surface area contributed by atoms with Gasteiger partial charge in [0, 0.05) is 19.0 Å². The maximum atomic E-state index is 12.3. The minimum absolute atomic E-state index is 0.0519. The molecule has 1 aromatic heterocycles. The third-order valence-corrected chi connectivity index (χ3v) is 3.54. The van der Waals surface area contributed by atoms with Crippen molar-refractivity contribution in [2.45, 2.75) is 32.6 Å². The van der Waals surface area contributed by atoms with Crippen LogP contribution in [-0.4, -0.2) is 52.7 Å². The average molecular weight is 265 g/mol. The first-order chi connectivity index (χ1) is 9.11. The fraction of sp³-hybridized carbons (Fsp3) is 0.769. The van der Waals surface area contributed by atoms with E-state index >= 15 is 0 Å². The highest BCUT2D eigenvalue weighted by Gasteiger charge is 2.26. The molecule has 1 aliphatic heterocycles. The van der Waals surface area contributed by atoms with Crippen LogP contribution in [0.4, 0.5) is 0 Å². The molecule has 0 spiro atoms. The number of nitrogens with zero attached hydrogens (tertiary/aromatic N) is 3. The van der Waals surface area contributed by atoms with E-state index in [2.05, 4.69) is 20.5 Å². The quantitative estimate of drug-likeness (QED) is 0.851. The van der Waals surface area contributed by atoms with Gasteiger partial charge in [-0.2, -0.15) is 0 Å². The molecule has 2 rings (SSSR count). The van der Waals surface area contributed by atoms with Crippen molar-refractivity contribution in [1.82, 2.24) is 25.4 Å². The Labute approximate surface area is 114 Å². The average Bonchev–Trinajstić information content (AvgIpc) is 2.88. The maximum absolute atomic E-state index is 12.3. The van der Waals surface area contributed by atoms with Gasteiger partial charge in [0.2, 0.25) is 5.82 Å². The fourth-order valence-corrected chi connectivity index (χ4v) is 2.47. The summed E-state index contributed by atoms with van der Waals surface area (Å²) in [6.45, 7) is 6.61. The summed E-state index contributed by atoms with van der Waals surface area (Å²) in [5.74, 6) is 1.81. The van der Waals surface area contributed by atoms with Crippen molar-refractivity contribution in [3.05, 3.63) is 11.6 Å². The molecule has 1 fully saturated rings. The maximum Gasteiger partial charge on any atom is 0.293 e. The van der Waals surface area contributed by atoms with Crippen molar-refractivity contribution in [3.63, 3.8) is 0 Å². The van der Waals surface area contributed by atoms with Gasteiger partial charge >= 0.3 is 0 Å². The number of rotatable bonds is 4. The summed E-state index contributed by atoms with van der Waals surface area (Å²) in [6.07, 6.45) is 2.23. The van der Waals surface area contributed by atoms with Gasteiger partial charge in [0.05, 0.1) is 0 Å². The Hall–Kier alpha value is -1.43. The number of hydrogen-bond donors (Lipinski definition) is 2. The smallest absolute Gasteiger partial charge is 0.293 e. The molecule has 0 saturated carbocycles. The zero-order chi connectivity index (χ0) is 13.8. The van der Waals surface area contributed by atoms with E-state index < -0.39 is 0 Å². The second-order valence-electron chi connectivity index (χ2n) is 5.52. The molecular weight excluding hydrogens is 242 g/mol. The summed E-state index contributed by atoms with van der Waals surface area (Å²) >= 11 is 0. The Morgan fingerprint density at radius 1 is 1.58 bits per heavy atom. The van der Waals surface area contributed by atoms with Gasteiger partial charge in [0.1, 0.15) is 5.82 Å². The molecule has 106 valence electrons. The summed E-state index contributed by atoms with van der Waals surface area (Å²) in [5.41, 5.74) is 0. The van der Waals surface area contributed by atoms with Crippen LogP contribution in [0.5, 0.6) is 0 Å². The molecule has 1 amide bonds. The van der Waals surface area contributed by atoms with Crippen molar-refractivity contribution < 1.29 is 4.79 Å². The van der Waals surface area contributed by atoms with Gasteiger partial charge in [-0.1, -0.05) is 13.8 Å². The standard InChI is InChI=1S/C13H23N5O/c1-9(2)11-15-12(17-16-11)13(19)18-6-4-5-10(8-18)7-14-3/h9-10,14H,4-8H2,1-3H3,(H,15,16,17). The normalized spacial score (nSPS) is 20.0. The van der Waals surface area contributed by atoms with Crippen LogP contribution < -0.4 is 5.32 Å². The first kappa shape index (κ1) is 14.0. The molecular formula is C13H23N5O. The van der Waals surface area contributed by atoms with Crippen LogP contribution in [0.15, 0.2) is 0 Å². The zero-order valence-electron chi connectivity index (χ0n) is 11.9. The molecule has 1 saturated heterocycles. The number of aromatic amines is 1. The van der Waals surface area contributed by atoms with E-state index in [-0.39, 0.29) is 11.8 Å². The summed E-state index contributed by atoms with van der Waals surface area (Å²) in [6, 6.07) is 0. The number of carbonyl (C=O) groups is 1. The summed E-state index contributed by atoms with van der Waals surface area (Å²) in [4.78, 5) is 18.5. The summed E-state index contributed by atoms with van der Waals surface area (Å²) in [5, 5.41) is 10.1. The van der Waals surface area contributed by atoms with Gasteiger partial charge < -0.3 is 10.2 Å². The number of piperidine rings is 1. The highest BCUT2D eigenvalue weighted by atomic mass is 16.2. The first-order valence-electron chi connectivity index (χ1n) is 6.98. The van der Waals surface area contributed by atoms with Crippen molar-refractivity contribution in [3.8, 4) is 0 Å². The van der Waals surface area contributed by atoms with Gasteiger partial charge in [-0.15, -0.1) is 5.10 Å². The Morgan fingerprint density at radius 2 is 2.37 bits per heavy atom. The largest absolute Gasteiger partial charge is 0.336 e. The third kappa shape index (κ3) is 3.32. The van der Waals surface area contributed by atoms with Crippen LogP contribution >= 0.6 is 0 Å². The number of H-pyrrole nitrogens is 1. The SMILES string of the molecule is CNCC1CCCN(C(=O)c2n[nH]c(C(C)C)n2)C1. The van der Waals surface area contributed by atoms with Crippen molar-refractivity contribution in [2.24, 2.45) is 5.92 Å². The molecule has 2 N–H and O–H groups in total. The van der Waals surface area contributed by atoms with E-state index in [1.807, 2.05) is 25.8 Å². The monoisotopic (exact) mass is 265 g/mol. The van der Waals surface area contributed by atoms with Crippen LogP contribution in [0.2, 0.25) is 0 Å². The van der Waals surface area contributed by atoms with E-state index in [1.165, 1.54) is 6.42 Å². The molecule has 19 heavy (non-hydrogen) atoms. The molecule has 1 unspecified atom stereocenters. The molecule has 6 nitrogen and oxygen atoms in total. The van der Waals surface area contributed by atoms with E-state index in [4.69, 9.17) is 0 Å². The first-order valence-corrected chi connectivity index (χ1v) is 6.98. The van der Waals surface area contributed by atoms with Crippen LogP contribution in [0.3, 0.4) is 0 Å². The molecule has 0 aromatic carbocycles. The van der Waals surface area contributed by atoms with Gasteiger partial charge in [0.25, 0.3) is 5.91 Å². The minimum atomic E-state index is -0.0519. The van der Waals surface area contributed by atoms with Gasteiger partial charge in [0.15, 0.2) is 0 Å². The number of aromatic nitrogens is 3. The number of nitrogens with one attached hydrogen (secondary N) is 2. The molecule has 1 atom stereocenters. The molecule has 1 aliphatic rings. The molecule has 0 bridgehead atoms. The Morgan fingerprint density at radius 3 is 3.00 bits per heavy atom.